The molecule has 2 N–H and O–H groups in total. The second kappa shape index (κ2) is 8.79. The molecule has 158 valence electrons. The number of aromatic amines is 1. The van der Waals surface area contributed by atoms with E-state index in [2.05, 4.69) is 15.3 Å². The number of piperidine rings is 1. The zero-order valence-electron chi connectivity index (χ0n) is 16.7. The molecule has 0 saturated carbocycles. The van der Waals surface area contributed by atoms with E-state index in [1.165, 1.54) is 16.1 Å². The molecule has 7 nitrogen and oxygen atoms in total. The first-order valence-corrected chi connectivity index (χ1v) is 12.3. The highest BCUT2D eigenvalue weighted by atomic mass is 32.2. The smallest absolute Gasteiger partial charge is 0.243 e. The van der Waals surface area contributed by atoms with Gasteiger partial charge in [-0.15, -0.1) is 0 Å². The number of aryl methyl sites for hydroxylation is 1. The summed E-state index contributed by atoms with van der Waals surface area (Å²) in [5, 5.41) is 3.52. The number of nitrogens with zero attached hydrogens (tertiary/aromatic N) is 2. The minimum Gasteiger partial charge on any atom is -0.333 e. The number of carbonyl (C=O) groups is 1. The van der Waals surface area contributed by atoms with Crippen LogP contribution in [0.15, 0.2) is 52.5 Å². The van der Waals surface area contributed by atoms with Gasteiger partial charge in [0.2, 0.25) is 15.9 Å². The summed E-state index contributed by atoms with van der Waals surface area (Å²) >= 11 is 1.31. The molecule has 3 aromatic rings. The third kappa shape index (κ3) is 4.53. The maximum atomic E-state index is 12.9. The quantitative estimate of drug-likeness (QED) is 0.564. The minimum absolute atomic E-state index is 0.169. The number of hydrogen-bond acceptors (Lipinski definition) is 5. The van der Waals surface area contributed by atoms with Crippen LogP contribution in [0.2, 0.25) is 0 Å². The van der Waals surface area contributed by atoms with Gasteiger partial charge in [-0.1, -0.05) is 36.4 Å². The van der Waals surface area contributed by atoms with Gasteiger partial charge in [0.05, 0.1) is 21.7 Å². The fourth-order valence-corrected chi connectivity index (χ4v) is 5.70. The summed E-state index contributed by atoms with van der Waals surface area (Å²) in [6, 6.07) is 12.6. The van der Waals surface area contributed by atoms with Gasteiger partial charge in [0, 0.05) is 18.8 Å². The average molecular weight is 445 g/mol. The molecule has 0 unspecified atom stereocenters. The summed E-state index contributed by atoms with van der Waals surface area (Å²) in [6.45, 7) is 2.94. The van der Waals surface area contributed by atoms with Crippen LogP contribution in [0.5, 0.6) is 0 Å². The van der Waals surface area contributed by atoms with E-state index in [9.17, 15) is 13.2 Å². The van der Waals surface area contributed by atoms with Gasteiger partial charge in [-0.2, -0.15) is 4.31 Å². The van der Waals surface area contributed by atoms with Crippen LogP contribution in [0, 0.1) is 6.92 Å². The van der Waals surface area contributed by atoms with Crippen LogP contribution < -0.4 is 5.32 Å². The third-order valence-electron chi connectivity index (χ3n) is 5.14. The molecule has 1 aliphatic rings. The molecular formula is C21H24N4O3S2. The SMILES string of the molecule is Cc1ccc(S(=O)(=O)N2CCCCC2)cc1NC(=O)CSc1nc2ccccc2[nH]1. The Kier molecular flexibility index (Phi) is 6.12. The number of sulfonamides is 1. The Hall–Kier alpha value is -2.36. The number of thioether (sulfide) groups is 1. The van der Waals surface area contributed by atoms with Crippen molar-refractivity contribution in [3.63, 3.8) is 0 Å². The molecule has 1 aliphatic heterocycles. The van der Waals surface area contributed by atoms with Gasteiger partial charge >= 0.3 is 0 Å². The van der Waals surface area contributed by atoms with Crippen LogP contribution in [-0.4, -0.2) is 47.4 Å². The maximum absolute atomic E-state index is 12.9. The van der Waals surface area contributed by atoms with Gasteiger partial charge < -0.3 is 10.3 Å². The molecule has 9 heteroatoms. The lowest BCUT2D eigenvalue weighted by atomic mass is 10.2. The summed E-state index contributed by atoms with van der Waals surface area (Å²) in [5.41, 5.74) is 3.11. The van der Waals surface area contributed by atoms with E-state index in [0.29, 0.717) is 23.9 Å². The lowest BCUT2D eigenvalue weighted by Crippen LogP contribution is -2.35. The van der Waals surface area contributed by atoms with Crippen LogP contribution in [-0.2, 0) is 14.8 Å². The first-order chi connectivity index (χ1) is 14.4. The van der Waals surface area contributed by atoms with E-state index >= 15 is 0 Å². The summed E-state index contributed by atoms with van der Waals surface area (Å²) in [6.07, 6.45) is 2.82. The predicted octanol–water partition coefficient (Wildman–Crippen LogP) is 3.78. The van der Waals surface area contributed by atoms with Gasteiger partial charge in [0.1, 0.15) is 0 Å². The maximum Gasteiger partial charge on any atom is 0.243 e. The minimum atomic E-state index is -3.55. The Morgan fingerprint density at radius 3 is 2.70 bits per heavy atom. The summed E-state index contributed by atoms with van der Waals surface area (Å²) in [5.74, 6) is -0.0430. The van der Waals surface area contributed by atoms with Gasteiger partial charge in [-0.3, -0.25) is 4.79 Å². The summed E-state index contributed by atoms with van der Waals surface area (Å²) < 4.78 is 27.4. The summed E-state index contributed by atoms with van der Waals surface area (Å²) in [7, 11) is -3.55. The van der Waals surface area contributed by atoms with Gasteiger partial charge in [-0.25, -0.2) is 13.4 Å². The molecule has 2 aromatic carbocycles. The van der Waals surface area contributed by atoms with Crippen molar-refractivity contribution in [2.45, 2.75) is 36.2 Å². The topological polar surface area (TPSA) is 95.2 Å². The number of benzene rings is 2. The third-order valence-corrected chi connectivity index (χ3v) is 7.91. The van der Waals surface area contributed by atoms with Crippen LogP contribution >= 0.6 is 11.8 Å². The molecule has 1 fully saturated rings. The Bertz CT molecular complexity index is 1130. The molecule has 0 bridgehead atoms. The number of para-hydroxylation sites is 2. The molecule has 4 rings (SSSR count). The number of aromatic nitrogens is 2. The standard InChI is InChI=1S/C21H24N4O3S2/c1-15-9-10-16(30(27,28)25-11-5-2-6-12-25)13-19(15)22-20(26)14-29-21-23-17-7-3-4-8-18(17)24-21/h3-4,7-10,13H,2,5-6,11-12,14H2,1H3,(H,22,26)(H,23,24). The predicted molar refractivity (Wildman–Crippen MR) is 119 cm³/mol. The molecule has 2 heterocycles. The second-order valence-electron chi connectivity index (χ2n) is 7.34. The van der Waals surface area contributed by atoms with Crippen LogP contribution in [0.4, 0.5) is 5.69 Å². The van der Waals surface area contributed by atoms with Crippen molar-refractivity contribution in [1.29, 1.82) is 0 Å². The van der Waals surface area contributed by atoms with Crippen molar-refractivity contribution in [2.24, 2.45) is 0 Å². The number of nitrogens with one attached hydrogen (secondary N) is 2. The lowest BCUT2D eigenvalue weighted by molar-refractivity contribution is -0.113. The molecule has 0 radical (unpaired) electrons. The second-order valence-corrected chi connectivity index (χ2v) is 10.2. The lowest BCUT2D eigenvalue weighted by Gasteiger charge is -2.26. The van der Waals surface area contributed by atoms with Crippen molar-refractivity contribution in [3.05, 3.63) is 48.0 Å². The van der Waals surface area contributed by atoms with E-state index in [0.717, 1.165) is 35.9 Å². The molecule has 0 spiro atoms. The Labute approximate surface area is 180 Å². The monoisotopic (exact) mass is 444 g/mol. The number of carbonyl (C=O) groups excluding carboxylic acids is 1. The Balaban J connectivity index is 1.44. The Morgan fingerprint density at radius 1 is 1.17 bits per heavy atom. The van der Waals surface area contributed by atoms with Crippen LogP contribution in [0.3, 0.4) is 0 Å². The molecule has 1 saturated heterocycles. The molecule has 30 heavy (non-hydrogen) atoms. The van der Waals surface area contributed by atoms with E-state index in [-0.39, 0.29) is 16.6 Å². The first kappa shape index (κ1) is 20.9. The number of amides is 1. The highest BCUT2D eigenvalue weighted by molar-refractivity contribution is 7.99. The van der Waals surface area contributed by atoms with Crippen molar-refractivity contribution in [3.8, 4) is 0 Å². The Morgan fingerprint density at radius 2 is 1.93 bits per heavy atom. The van der Waals surface area contributed by atoms with Gasteiger partial charge in [-0.05, 0) is 49.6 Å². The number of imidazole rings is 1. The normalized spacial score (nSPS) is 15.4. The van der Waals surface area contributed by atoms with Crippen molar-refractivity contribution in [2.75, 3.05) is 24.2 Å². The number of rotatable bonds is 6. The molecule has 1 amide bonds. The number of anilines is 1. The highest BCUT2D eigenvalue weighted by Gasteiger charge is 2.26. The molecule has 0 aliphatic carbocycles. The molecule has 1 aromatic heterocycles. The van der Waals surface area contributed by atoms with Crippen molar-refractivity contribution in [1.82, 2.24) is 14.3 Å². The zero-order chi connectivity index (χ0) is 21.1. The largest absolute Gasteiger partial charge is 0.333 e. The van der Waals surface area contributed by atoms with Crippen molar-refractivity contribution >= 4 is 44.4 Å². The zero-order valence-corrected chi connectivity index (χ0v) is 18.4. The van der Waals surface area contributed by atoms with E-state index < -0.39 is 10.0 Å². The van der Waals surface area contributed by atoms with E-state index in [4.69, 9.17) is 0 Å². The number of fused-ring (bicyclic) bond motifs is 1. The van der Waals surface area contributed by atoms with Crippen LogP contribution in [0.1, 0.15) is 24.8 Å². The van der Waals surface area contributed by atoms with E-state index in [1.54, 1.807) is 18.2 Å². The van der Waals surface area contributed by atoms with Gasteiger partial charge in [0.25, 0.3) is 0 Å². The van der Waals surface area contributed by atoms with Crippen LogP contribution in [0.25, 0.3) is 11.0 Å². The van der Waals surface area contributed by atoms with Gasteiger partial charge in [0.15, 0.2) is 5.16 Å². The fourth-order valence-electron chi connectivity index (χ4n) is 3.47. The number of H-pyrrole nitrogens is 1. The number of hydrogen-bond donors (Lipinski definition) is 2. The highest BCUT2D eigenvalue weighted by Crippen LogP contribution is 2.26. The summed E-state index contributed by atoms with van der Waals surface area (Å²) in [4.78, 5) is 20.3. The van der Waals surface area contributed by atoms with E-state index in [1.807, 2.05) is 31.2 Å². The van der Waals surface area contributed by atoms with Crippen molar-refractivity contribution < 1.29 is 13.2 Å². The molecule has 0 atom stereocenters. The average Bonchev–Trinajstić information content (AvgIpc) is 3.17. The fraction of sp³-hybridized carbons (Fsp3) is 0.333. The first-order valence-electron chi connectivity index (χ1n) is 9.92. The molecular weight excluding hydrogens is 420 g/mol.